The second-order valence-electron chi connectivity index (χ2n) is 5.26. The van der Waals surface area contributed by atoms with Crippen molar-refractivity contribution >= 4 is 11.0 Å². The van der Waals surface area contributed by atoms with Crippen LogP contribution in [0.4, 0.5) is 0 Å². The van der Waals surface area contributed by atoms with Crippen molar-refractivity contribution in [2.24, 2.45) is 0 Å². The molecule has 1 heterocycles. The summed E-state index contributed by atoms with van der Waals surface area (Å²) in [6, 6.07) is 1.72. The fraction of sp³-hybridized carbons (Fsp3) is 0.412. The van der Waals surface area contributed by atoms with Crippen LogP contribution in [0, 0.1) is 0 Å². The van der Waals surface area contributed by atoms with Gasteiger partial charge in [0.05, 0.1) is 0 Å². The van der Waals surface area contributed by atoms with Crippen LogP contribution >= 0.6 is 0 Å². The molecule has 0 aliphatic carbocycles. The number of furan rings is 1. The molecular weight excluding hydrogens is 300 g/mol. The van der Waals surface area contributed by atoms with E-state index in [-0.39, 0.29) is 19.3 Å². The van der Waals surface area contributed by atoms with E-state index in [0.717, 1.165) is 11.1 Å². The standard InChI is InChI=1S/C17H22O6/c1-11(2)5-6-12-14(22-9-19-3)7-15-16(13(18)8-21-15)17(12)23-10-20-4/h5,7-8,18H,6,9-10H2,1-4H3. The zero-order valence-electron chi connectivity index (χ0n) is 13.8. The highest BCUT2D eigenvalue weighted by molar-refractivity contribution is 5.93. The average molecular weight is 322 g/mol. The van der Waals surface area contributed by atoms with Gasteiger partial charge in [0.15, 0.2) is 19.3 Å². The zero-order chi connectivity index (χ0) is 16.8. The van der Waals surface area contributed by atoms with Gasteiger partial charge in [0.25, 0.3) is 0 Å². The molecule has 0 bridgehead atoms. The minimum atomic E-state index is 0.0165. The lowest BCUT2D eigenvalue weighted by Gasteiger charge is -2.16. The Morgan fingerprint density at radius 3 is 2.52 bits per heavy atom. The van der Waals surface area contributed by atoms with Crippen LogP contribution < -0.4 is 9.47 Å². The van der Waals surface area contributed by atoms with Gasteiger partial charge < -0.3 is 28.5 Å². The summed E-state index contributed by atoms with van der Waals surface area (Å²) in [5, 5.41) is 10.6. The number of methoxy groups -OCH3 is 2. The molecule has 126 valence electrons. The van der Waals surface area contributed by atoms with Gasteiger partial charge in [-0.15, -0.1) is 0 Å². The monoisotopic (exact) mass is 322 g/mol. The third-order valence-corrected chi connectivity index (χ3v) is 3.23. The SMILES string of the molecule is COCOc1cc2occ(O)c2c(OCOC)c1CC=C(C)C. The number of hydrogen-bond donors (Lipinski definition) is 1. The lowest BCUT2D eigenvalue weighted by atomic mass is 10.0. The molecular formula is C17H22O6. The van der Waals surface area contributed by atoms with Gasteiger partial charge in [0.1, 0.15) is 28.7 Å². The first-order valence-electron chi connectivity index (χ1n) is 7.21. The molecule has 0 saturated heterocycles. The number of ether oxygens (including phenoxy) is 4. The Morgan fingerprint density at radius 1 is 1.17 bits per heavy atom. The molecule has 0 saturated carbocycles. The van der Waals surface area contributed by atoms with Crippen molar-refractivity contribution in [3.05, 3.63) is 29.5 Å². The Labute approximate surface area is 135 Å². The van der Waals surface area contributed by atoms with Crippen LogP contribution in [-0.4, -0.2) is 32.9 Å². The summed E-state index contributed by atoms with van der Waals surface area (Å²) in [7, 11) is 3.09. The van der Waals surface area contributed by atoms with Crippen molar-refractivity contribution in [1.29, 1.82) is 0 Å². The quantitative estimate of drug-likeness (QED) is 0.591. The minimum absolute atomic E-state index is 0.0165. The van der Waals surface area contributed by atoms with Crippen LogP contribution in [0.1, 0.15) is 19.4 Å². The van der Waals surface area contributed by atoms with Crippen molar-refractivity contribution in [2.45, 2.75) is 20.3 Å². The Balaban J connectivity index is 2.60. The van der Waals surface area contributed by atoms with Crippen molar-refractivity contribution in [3.63, 3.8) is 0 Å². The molecule has 1 aromatic carbocycles. The van der Waals surface area contributed by atoms with E-state index in [1.54, 1.807) is 13.2 Å². The fourth-order valence-electron chi connectivity index (χ4n) is 2.19. The Kier molecular flexibility index (Phi) is 5.90. The predicted molar refractivity (Wildman–Crippen MR) is 86.0 cm³/mol. The van der Waals surface area contributed by atoms with Gasteiger partial charge in [0.2, 0.25) is 0 Å². The molecule has 0 amide bonds. The van der Waals surface area contributed by atoms with Crippen molar-refractivity contribution in [2.75, 3.05) is 27.8 Å². The minimum Gasteiger partial charge on any atom is -0.504 e. The van der Waals surface area contributed by atoms with Gasteiger partial charge in [-0.25, -0.2) is 0 Å². The van der Waals surface area contributed by atoms with E-state index in [4.69, 9.17) is 23.4 Å². The third kappa shape index (κ3) is 3.97. The van der Waals surface area contributed by atoms with E-state index >= 15 is 0 Å². The van der Waals surface area contributed by atoms with E-state index in [1.807, 2.05) is 13.8 Å². The lowest BCUT2D eigenvalue weighted by molar-refractivity contribution is 0.0456. The molecule has 0 aliphatic heterocycles. The van der Waals surface area contributed by atoms with Gasteiger partial charge in [0, 0.05) is 25.8 Å². The molecule has 0 spiro atoms. The van der Waals surface area contributed by atoms with E-state index in [0.29, 0.717) is 28.9 Å². The second kappa shape index (κ2) is 7.89. The molecule has 2 rings (SSSR count). The van der Waals surface area contributed by atoms with Gasteiger partial charge >= 0.3 is 0 Å². The average Bonchev–Trinajstić information content (AvgIpc) is 2.89. The Bertz CT molecular complexity index is 682. The number of aromatic hydroxyl groups is 1. The number of rotatable bonds is 8. The molecule has 0 aliphatic rings. The van der Waals surface area contributed by atoms with Gasteiger partial charge in [-0.2, -0.15) is 0 Å². The zero-order valence-corrected chi connectivity index (χ0v) is 13.8. The number of hydrogen-bond acceptors (Lipinski definition) is 6. The highest BCUT2D eigenvalue weighted by Gasteiger charge is 2.20. The largest absolute Gasteiger partial charge is 0.504 e. The Morgan fingerprint density at radius 2 is 1.87 bits per heavy atom. The van der Waals surface area contributed by atoms with Crippen LogP contribution in [-0.2, 0) is 15.9 Å². The summed E-state index contributed by atoms with van der Waals surface area (Å²) in [5.74, 6) is 1.08. The van der Waals surface area contributed by atoms with Crippen LogP contribution in [0.5, 0.6) is 17.2 Å². The summed E-state index contributed by atoms with van der Waals surface area (Å²) in [6.07, 6.45) is 3.91. The molecule has 0 radical (unpaired) electrons. The molecule has 2 aromatic rings. The predicted octanol–water partition coefficient (Wildman–Crippen LogP) is 3.61. The van der Waals surface area contributed by atoms with E-state index < -0.39 is 0 Å². The summed E-state index contributed by atoms with van der Waals surface area (Å²) in [5.41, 5.74) is 2.43. The van der Waals surface area contributed by atoms with Crippen LogP contribution in [0.25, 0.3) is 11.0 Å². The van der Waals surface area contributed by atoms with E-state index in [1.165, 1.54) is 13.4 Å². The number of benzene rings is 1. The van der Waals surface area contributed by atoms with Crippen molar-refractivity contribution in [1.82, 2.24) is 0 Å². The molecule has 1 N–H and O–H groups in total. The second-order valence-corrected chi connectivity index (χ2v) is 5.26. The first kappa shape index (κ1) is 17.2. The first-order chi connectivity index (χ1) is 11.1. The normalized spacial score (nSPS) is 10.8. The van der Waals surface area contributed by atoms with Gasteiger partial charge in [-0.05, 0) is 20.3 Å². The molecule has 0 unspecified atom stereocenters. The maximum absolute atomic E-state index is 10.1. The maximum atomic E-state index is 10.1. The molecule has 0 fully saturated rings. The van der Waals surface area contributed by atoms with E-state index in [2.05, 4.69) is 6.08 Å². The molecule has 0 atom stereocenters. The van der Waals surface area contributed by atoms with Gasteiger partial charge in [-0.1, -0.05) is 11.6 Å². The van der Waals surface area contributed by atoms with Crippen LogP contribution in [0.3, 0.4) is 0 Å². The number of allylic oxidation sites excluding steroid dienone is 2. The van der Waals surface area contributed by atoms with Crippen LogP contribution in [0.2, 0.25) is 0 Å². The Hall–Kier alpha value is -2.18. The summed E-state index contributed by atoms with van der Waals surface area (Å²) >= 11 is 0. The van der Waals surface area contributed by atoms with Gasteiger partial charge in [-0.3, -0.25) is 0 Å². The molecule has 23 heavy (non-hydrogen) atoms. The molecule has 6 nitrogen and oxygen atoms in total. The lowest BCUT2D eigenvalue weighted by Crippen LogP contribution is -2.06. The number of fused-ring (bicyclic) bond motifs is 1. The summed E-state index contributed by atoms with van der Waals surface area (Å²) in [6.45, 7) is 4.18. The smallest absolute Gasteiger partial charge is 0.188 e. The van der Waals surface area contributed by atoms with Crippen molar-refractivity contribution in [3.8, 4) is 17.2 Å². The van der Waals surface area contributed by atoms with E-state index in [9.17, 15) is 5.11 Å². The van der Waals surface area contributed by atoms with Crippen molar-refractivity contribution < 1.29 is 28.5 Å². The highest BCUT2D eigenvalue weighted by Crippen LogP contribution is 2.43. The third-order valence-electron chi connectivity index (χ3n) is 3.23. The molecule has 1 aromatic heterocycles. The summed E-state index contributed by atoms with van der Waals surface area (Å²) in [4.78, 5) is 0. The fourth-order valence-corrected chi connectivity index (χ4v) is 2.19. The first-order valence-corrected chi connectivity index (χ1v) is 7.21. The maximum Gasteiger partial charge on any atom is 0.188 e. The molecule has 6 heteroatoms. The summed E-state index contributed by atoms with van der Waals surface area (Å²) < 4.78 is 26.7. The van der Waals surface area contributed by atoms with Crippen LogP contribution in [0.15, 0.2) is 28.4 Å². The topological polar surface area (TPSA) is 70.3 Å². The highest BCUT2D eigenvalue weighted by atomic mass is 16.7.